The molecule has 0 aliphatic rings. The molecule has 4 heteroatoms. The van der Waals surface area contributed by atoms with Gasteiger partial charge in [-0.15, -0.1) is 12.4 Å². The number of halogens is 1. The number of hydrogen-bond donors (Lipinski definition) is 2. The number of aromatic nitrogens is 1. The van der Waals surface area contributed by atoms with Crippen LogP contribution in [0.1, 0.15) is 23.5 Å². The quantitative estimate of drug-likeness (QED) is 0.705. The summed E-state index contributed by atoms with van der Waals surface area (Å²) >= 11 is 0. The molecule has 1 unspecified atom stereocenters. The summed E-state index contributed by atoms with van der Waals surface area (Å²) in [5.41, 5.74) is 3.86. The van der Waals surface area contributed by atoms with E-state index >= 15 is 0 Å². The van der Waals surface area contributed by atoms with Gasteiger partial charge in [0.15, 0.2) is 0 Å². The van der Waals surface area contributed by atoms with E-state index in [1.165, 1.54) is 22.0 Å². The maximum Gasteiger partial charge on any atom is 0.118 e. The van der Waals surface area contributed by atoms with Crippen LogP contribution in [0.5, 0.6) is 5.75 Å². The fourth-order valence-corrected chi connectivity index (χ4v) is 2.93. The molecule has 0 amide bonds. The zero-order valence-electron chi connectivity index (χ0n) is 13.5. The topological polar surface area (TPSA) is 37.0 Å². The van der Waals surface area contributed by atoms with Gasteiger partial charge in [-0.3, -0.25) is 0 Å². The maximum atomic E-state index is 5.27. The molecule has 0 bridgehead atoms. The molecule has 1 heterocycles. The Morgan fingerprint density at radius 1 is 1.04 bits per heavy atom. The van der Waals surface area contributed by atoms with E-state index in [9.17, 15) is 0 Å². The zero-order chi connectivity index (χ0) is 15.4. The molecule has 2 aromatic carbocycles. The lowest BCUT2D eigenvalue weighted by atomic mass is 9.88. The van der Waals surface area contributed by atoms with E-state index in [0.29, 0.717) is 5.92 Å². The van der Waals surface area contributed by atoms with Crippen molar-refractivity contribution in [2.24, 2.45) is 0 Å². The second-order valence-corrected chi connectivity index (χ2v) is 5.54. The smallest absolute Gasteiger partial charge is 0.118 e. The Bertz CT molecular complexity index is 736. The van der Waals surface area contributed by atoms with Gasteiger partial charge < -0.3 is 15.0 Å². The number of benzene rings is 2. The minimum Gasteiger partial charge on any atom is -0.497 e. The number of methoxy groups -OCH3 is 1. The molecule has 1 aromatic heterocycles. The van der Waals surface area contributed by atoms with Crippen molar-refractivity contribution in [2.75, 3.05) is 20.7 Å². The van der Waals surface area contributed by atoms with Crippen molar-refractivity contribution < 1.29 is 4.74 Å². The normalized spacial score (nSPS) is 11.9. The van der Waals surface area contributed by atoms with Crippen LogP contribution in [0.4, 0.5) is 0 Å². The van der Waals surface area contributed by atoms with Crippen LogP contribution in [0.15, 0.2) is 54.7 Å². The highest BCUT2D eigenvalue weighted by molar-refractivity contribution is 5.85. The number of aromatic amines is 1. The maximum absolute atomic E-state index is 5.27. The molecule has 3 aromatic rings. The van der Waals surface area contributed by atoms with Crippen LogP contribution < -0.4 is 10.1 Å². The summed E-state index contributed by atoms with van der Waals surface area (Å²) < 4.78 is 5.27. The van der Waals surface area contributed by atoms with Gasteiger partial charge in [0, 0.05) is 17.6 Å². The Morgan fingerprint density at radius 3 is 2.48 bits per heavy atom. The second-order valence-electron chi connectivity index (χ2n) is 5.54. The molecule has 122 valence electrons. The highest BCUT2D eigenvalue weighted by Gasteiger charge is 2.14. The Kier molecular flexibility index (Phi) is 6.08. The van der Waals surface area contributed by atoms with Gasteiger partial charge in [0.2, 0.25) is 0 Å². The minimum absolute atomic E-state index is 0. The molecule has 0 saturated carbocycles. The summed E-state index contributed by atoms with van der Waals surface area (Å²) in [6, 6.07) is 17.2. The molecule has 0 saturated heterocycles. The van der Waals surface area contributed by atoms with E-state index in [1.807, 2.05) is 25.4 Å². The molecule has 2 N–H and O–H groups in total. The van der Waals surface area contributed by atoms with Gasteiger partial charge >= 0.3 is 0 Å². The fraction of sp³-hybridized carbons (Fsp3) is 0.263. The van der Waals surface area contributed by atoms with Crippen LogP contribution in [0.25, 0.3) is 10.9 Å². The zero-order valence-corrected chi connectivity index (χ0v) is 14.3. The minimum atomic E-state index is 0. The molecular formula is C19H23ClN2O. The lowest BCUT2D eigenvalue weighted by Crippen LogP contribution is -2.13. The van der Waals surface area contributed by atoms with Gasteiger partial charge in [0.05, 0.1) is 7.11 Å². The van der Waals surface area contributed by atoms with Crippen LogP contribution in [0.3, 0.4) is 0 Å². The van der Waals surface area contributed by atoms with Crippen molar-refractivity contribution in [2.45, 2.75) is 12.3 Å². The average molecular weight is 331 g/mol. The van der Waals surface area contributed by atoms with E-state index in [2.05, 4.69) is 46.7 Å². The SMILES string of the molecule is CNCCC(c1ccc(OC)cc1)c1ccc2cc[nH]c2c1.Cl. The Morgan fingerprint density at radius 2 is 1.78 bits per heavy atom. The van der Waals surface area contributed by atoms with Crippen molar-refractivity contribution >= 4 is 23.3 Å². The third-order valence-corrected chi connectivity index (χ3v) is 4.18. The van der Waals surface area contributed by atoms with E-state index in [4.69, 9.17) is 4.74 Å². The van der Waals surface area contributed by atoms with Gasteiger partial charge in [-0.1, -0.05) is 24.3 Å². The lowest BCUT2D eigenvalue weighted by molar-refractivity contribution is 0.414. The fourth-order valence-electron chi connectivity index (χ4n) is 2.93. The van der Waals surface area contributed by atoms with E-state index in [0.717, 1.165) is 18.7 Å². The molecule has 0 aliphatic carbocycles. The number of rotatable bonds is 6. The van der Waals surface area contributed by atoms with Gasteiger partial charge in [-0.05, 0) is 60.8 Å². The summed E-state index contributed by atoms with van der Waals surface area (Å²) in [4.78, 5) is 3.30. The monoisotopic (exact) mass is 330 g/mol. The number of ether oxygens (including phenoxy) is 1. The van der Waals surface area contributed by atoms with Gasteiger partial charge in [-0.25, -0.2) is 0 Å². The summed E-state index contributed by atoms with van der Waals surface area (Å²) in [7, 11) is 3.70. The summed E-state index contributed by atoms with van der Waals surface area (Å²) in [6.45, 7) is 0.986. The van der Waals surface area contributed by atoms with Crippen molar-refractivity contribution in [3.8, 4) is 5.75 Å². The molecule has 0 radical (unpaired) electrons. The highest BCUT2D eigenvalue weighted by Crippen LogP contribution is 2.30. The summed E-state index contributed by atoms with van der Waals surface area (Å²) in [5, 5.41) is 4.52. The first-order valence-corrected chi connectivity index (χ1v) is 7.67. The first-order valence-electron chi connectivity index (χ1n) is 7.67. The molecule has 0 fully saturated rings. The molecule has 0 aliphatic heterocycles. The van der Waals surface area contributed by atoms with E-state index < -0.39 is 0 Å². The highest BCUT2D eigenvalue weighted by atomic mass is 35.5. The van der Waals surface area contributed by atoms with Crippen LogP contribution in [-0.4, -0.2) is 25.7 Å². The van der Waals surface area contributed by atoms with Gasteiger partial charge in [0.1, 0.15) is 5.75 Å². The number of fused-ring (bicyclic) bond motifs is 1. The molecule has 23 heavy (non-hydrogen) atoms. The van der Waals surface area contributed by atoms with Crippen molar-refractivity contribution in [1.29, 1.82) is 0 Å². The van der Waals surface area contributed by atoms with Crippen LogP contribution in [0.2, 0.25) is 0 Å². The number of nitrogens with one attached hydrogen (secondary N) is 2. The van der Waals surface area contributed by atoms with Crippen LogP contribution in [-0.2, 0) is 0 Å². The van der Waals surface area contributed by atoms with Gasteiger partial charge in [0.25, 0.3) is 0 Å². The summed E-state index contributed by atoms with van der Waals surface area (Å²) in [6.07, 6.45) is 3.06. The first kappa shape index (κ1) is 17.4. The van der Waals surface area contributed by atoms with Crippen LogP contribution in [0, 0.1) is 0 Å². The first-order chi connectivity index (χ1) is 10.8. The van der Waals surface area contributed by atoms with Gasteiger partial charge in [-0.2, -0.15) is 0 Å². The largest absolute Gasteiger partial charge is 0.497 e. The standard InChI is InChI=1S/C19H22N2O.ClH/c1-20-11-10-18(14-5-7-17(22-2)8-6-14)16-4-3-15-9-12-21-19(15)13-16;/h3-9,12-13,18,20-21H,10-11H2,1-2H3;1H. The number of H-pyrrole nitrogens is 1. The van der Waals surface area contributed by atoms with E-state index in [-0.39, 0.29) is 12.4 Å². The van der Waals surface area contributed by atoms with Crippen molar-refractivity contribution in [3.05, 3.63) is 65.9 Å². The van der Waals surface area contributed by atoms with Crippen molar-refractivity contribution in [1.82, 2.24) is 10.3 Å². The molecule has 3 nitrogen and oxygen atoms in total. The molecule has 0 spiro atoms. The summed E-state index contributed by atoms with van der Waals surface area (Å²) in [5.74, 6) is 1.28. The predicted octanol–water partition coefficient (Wildman–Crippen LogP) is 4.34. The lowest BCUT2D eigenvalue weighted by Gasteiger charge is -2.18. The van der Waals surface area contributed by atoms with E-state index in [1.54, 1.807) is 7.11 Å². The third kappa shape index (κ3) is 3.87. The molecule has 3 rings (SSSR count). The second kappa shape index (κ2) is 8.04. The molecule has 1 atom stereocenters. The Hall–Kier alpha value is -1.97. The third-order valence-electron chi connectivity index (χ3n) is 4.18. The number of hydrogen-bond acceptors (Lipinski definition) is 2. The van der Waals surface area contributed by atoms with Crippen molar-refractivity contribution in [3.63, 3.8) is 0 Å². The predicted molar refractivity (Wildman–Crippen MR) is 98.9 cm³/mol. The Labute approximate surface area is 143 Å². The molecular weight excluding hydrogens is 308 g/mol. The van der Waals surface area contributed by atoms with Crippen LogP contribution >= 0.6 is 12.4 Å². The Balaban J connectivity index is 0.00000192. The average Bonchev–Trinajstić information content (AvgIpc) is 3.03.